The number of hydrogen-bond acceptors (Lipinski definition) is 5. The molecule has 114 valence electrons. The highest BCUT2D eigenvalue weighted by atomic mass is 32.2. The van der Waals surface area contributed by atoms with Crippen LogP contribution in [0, 0.1) is 0 Å². The van der Waals surface area contributed by atoms with E-state index in [0.717, 1.165) is 0 Å². The van der Waals surface area contributed by atoms with Gasteiger partial charge in [0.05, 0.1) is 17.9 Å². The zero-order valence-corrected chi connectivity index (χ0v) is 11.7. The number of rotatable bonds is 4. The molecule has 0 spiro atoms. The first-order valence-corrected chi connectivity index (χ1v) is 7.73. The van der Waals surface area contributed by atoms with Crippen LogP contribution in [-0.4, -0.2) is 66.5 Å². The number of sulfone groups is 1. The van der Waals surface area contributed by atoms with Crippen molar-refractivity contribution >= 4 is 27.7 Å². The molecule has 1 aliphatic heterocycles. The summed E-state index contributed by atoms with van der Waals surface area (Å²) in [4.78, 5) is 34.8. The minimum absolute atomic E-state index is 0.0156. The molecular weight excluding hydrogens is 290 g/mol. The van der Waals surface area contributed by atoms with Crippen molar-refractivity contribution < 1.29 is 27.9 Å². The third-order valence-electron chi connectivity index (χ3n) is 2.93. The van der Waals surface area contributed by atoms with Crippen molar-refractivity contribution in [3.05, 3.63) is 0 Å². The number of carbonyl (C=O) groups excluding carboxylic acids is 2. The molecule has 0 aromatic rings. The third-order valence-corrected chi connectivity index (χ3v) is 4.73. The molecule has 2 atom stereocenters. The highest BCUT2D eigenvalue weighted by molar-refractivity contribution is 7.91. The normalized spacial score (nSPS) is 22.9. The maximum absolute atomic E-state index is 11.9. The van der Waals surface area contributed by atoms with E-state index in [1.807, 2.05) is 0 Å². The molecule has 3 amide bonds. The molecule has 0 aromatic heterocycles. The van der Waals surface area contributed by atoms with Crippen molar-refractivity contribution in [2.45, 2.75) is 25.4 Å². The van der Waals surface area contributed by atoms with Crippen LogP contribution in [0.5, 0.6) is 0 Å². The van der Waals surface area contributed by atoms with Gasteiger partial charge in [-0.15, -0.1) is 0 Å². The molecule has 20 heavy (non-hydrogen) atoms. The molecular formula is C10H17N3O6S. The molecule has 0 saturated carbocycles. The number of aliphatic carboxylic acids is 1. The summed E-state index contributed by atoms with van der Waals surface area (Å²) < 4.78 is 22.8. The highest BCUT2D eigenvalue weighted by Crippen LogP contribution is 2.11. The molecule has 0 bridgehead atoms. The summed E-state index contributed by atoms with van der Waals surface area (Å²) in [5, 5.41) is 11.0. The maximum atomic E-state index is 11.9. The fraction of sp³-hybridized carbons (Fsp3) is 0.700. The third kappa shape index (κ3) is 4.37. The topological polar surface area (TPSA) is 147 Å². The number of carboxylic acid groups (broad SMARTS) is 1. The van der Waals surface area contributed by atoms with Crippen LogP contribution in [0.25, 0.3) is 0 Å². The average Bonchev–Trinajstić information content (AvgIpc) is 2.25. The van der Waals surface area contributed by atoms with Crippen LogP contribution in [0.4, 0.5) is 4.79 Å². The van der Waals surface area contributed by atoms with Gasteiger partial charge in [-0.3, -0.25) is 4.79 Å². The Balaban J connectivity index is 2.70. The van der Waals surface area contributed by atoms with Crippen LogP contribution in [0.1, 0.15) is 13.3 Å². The van der Waals surface area contributed by atoms with Gasteiger partial charge in [-0.2, -0.15) is 0 Å². The first-order valence-electron chi connectivity index (χ1n) is 5.91. The van der Waals surface area contributed by atoms with Gasteiger partial charge < -0.3 is 21.1 Å². The standard InChI is InChI=1S/C10H17N3O6S/c1-6-5-20(18,19)3-2-13(6)10(17)12-7(9(15)16)4-8(11)14/h6-7H,2-5H2,1H3,(H2,11,14)(H,12,17)(H,15,16)/t6?,7-/m0/s1. The van der Waals surface area contributed by atoms with Crippen molar-refractivity contribution in [3.8, 4) is 0 Å². The van der Waals surface area contributed by atoms with Gasteiger partial charge >= 0.3 is 12.0 Å². The second-order valence-corrected chi connectivity index (χ2v) is 6.90. The molecule has 1 fully saturated rings. The van der Waals surface area contributed by atoms with E-state index in [1.165, 1.54) is 4.90 Å². The molecule has 1 aliphatic rings. The highest BCUT2D eigenvalue weighted by Gasteiger charge is 2.33. The lowest BCUT2D eigenvalue weighted by molar-refractivity contribution is -0.141. The molecule has 1 heterocycles. The number of nitrogens with two attached hydrogens (primary N) is 1. The Labute approximate surface area is 116 Å². The van der Waals surface area contributed by atoms with E-state index in [0.29, 0.717) is 0 Å². The maximum Gasteiger partial charge on any atom is 0.326 e. The molecule has 4 N–H and O–H groups in total. The summed E-state index contributed by atoms with van der Waals surface area (Å²) in [5.41, 5.74) is 4.90. The Morgan fingerprint density at radius 3 is 2.50 bits per heavy atom. The molecule has 1 saturated heterocycles. The zero-order chi connectivity index (χ0) is 15.5. The van der Waals surface area contributed by atoms with Gasteiger partial charge in [0.2, 0.25) is 5.91 Å². The number of nitrogens with one attached hydrogen (secondary N) is 1. The Kier molecular flexibility index (Phi) is 4.93. The number of urea groups is 1. The van der Waals surface area contributed by atoms with Crippen molar-refractivity contribution in [1.82, 2.24) is 10.2 Å². The van der Waals surface area contributed by atoms with Gasteiger partial charge in [0.15, 0.2) is 9.84 Å². The largest absolute Gasteiger partial charge is 0.480 e. The molecule has 10 heteroatoms. The minimum Gasteiger partial charge on any atom is -0.480 e. The Hall–Kier alpha value is -1.84. The number of hydrogen-bond donors (Lipinski definition) is 3. The zero-order valence-electron chi connectivity index (χ0n) is 10.9. The lowest BCUT2D eigenvalue weighted by Crippen LogP contribution is -2.56. The second kappa shape index (κ2) is 6.07. The summed E-state index contributed by atoms with van der Waals surface area (Å²) in [6, 6.07) is -2.71. The second-order valence-electron chi connectivity index (χ2n) is 4.67. The summed E-state index contributed by atoms with van der Waals surface area (Å²) >= 11 is 0. The Morgan fingerprint density at radius 1 is 1.45 bits per heavy atom. The van der Waals surface area contributed by atoms with E-state index in [1.54, 1.807) is 6.92 Å². The van der Waals surface area contributed by atoms with Crippen LogP contribution in [0.3, 0.4) is 0 Å². The predicted molar refractivity (Wildman–Crippen MR) is 68.6 cm³/mol. The smallest absolute Gasteiger partial charge is 0.326 e. The van der Waals surface area contributed by atoms with E-state index >= 15 is 0 Å². The average molecular weight is 307 g/mol. The van der Waals surface area contributed by atoms with Crippen LogP contribution >= 0.6 is 0 Å². The van der Waals surface area contributed by atoms with Gasteiger partial charge in [0.25, 0.3) is 0 Å². The molecule has 0 radical (unpaired) electrons. The predicted octanol–water partition coefficient (Wildman–Crippen LogP) is -1.86. The molecule has 1 unspecified atom stereocenters. The van der Waals surface area contributed by atoms with Crippen LogP contribution in [0.2, 0.25) is 0 Å². The summed E-state index contributed by atoms with van der Waals surface area (Å²) in [6.07, 6.45) is -0.526. The fourth-order valence-electron chi connectivity index (χ4n) is 1.93. The lowest BCUT2D eigenvalue weighted by atomic mass is 10.2. The Morgan fingerprint density at radius 2 is 2.05 bits per heavy atom. The van der Waals surface area contributed by atoms with Crippen LogP contribution in [0.15, 0.2) is 0 Å². The van der Waals surface area contributed by atoms with Gasteiger partial charge in [0, 0.05) is 12.6 Å². The quantitative estimate of drug-likeness (QED) is 0.555. The summed E-state index contributed by atoms with van der Waals surface area (Å²) in [7, 11) is -3.17. The number of primary amides is 1. The molecule has 0 aliphatic carbocycles. The van der Waals surface area contributed by atoms with Gasteiger partial charge in [-0.25, -0.2) is 18.0 Å². The monoisotopic (exact) mass is 307 g/mol. The van der Waals surface area contributed by atoms with Crippen molar-refractivity contribution in [2.24, 2.45) is 5.73 Å². The van der Waals surface area contributed by atoms with Crippen LogP contribution in [-0.2, 0) is 19.4 Å². The summed E-state index contributed by atoms with van der Waals surface area (Å²) in [5.74, 6) is -2.58. The number of nitrogens with zero attached hydrogens (tertiary/aromatic N) is 1. The molecule has 1 rings (SSSR count). The molecule has 9 nitrogen and oxygen atoms in total. The van der Waals surface area contributed by atoms with Crippen LogP contribution < -0.4 is 11.1 Å². The number of amides is 3. The number of carboxylic acids is 1. The van der Waals surface area contributed by atoms with Gasteiger partial charge in [-0.05, 0) is 6.92 Å². The molecule has 0 aromatic carbocycles. The van der Waals surface area contributed by atoms with Gasteiger partial charge in [-0.1, -0.05) is 0 Å². The van der Waals surface area contributed by atoms with E-state index in [2.05, 4.69) is 5.32 Å². The first-order chi connectivity index (χ1) is 9.12. The lowest BCUT2D eigenvalue weighted by Gasteiger charge is -2.33. The van der Waals surface area contributed by atoms with Gasteiger partial charge in [0.1, 0.15) is 6.04 Å². The SMILES string of the molecule is CC1CS(=O)(=O)CCN1C(=O)N[C@@H](CC(N)=O)C(=O)O. The van der Waals surface area contributed by atoms with E-state index in [-0.39, 0.29) is 18.1 Å². The van der Waals surface area contributed by atoms with E-state index < -0.39 is 46.2 Å². The fourth-order valence-corrected chi connectivity index (χ4v) is 3.49. The van der Waals surface area contributed by atoms with E-state index in [4.69, 9.17) is 10.8 Å². The van der Waals surface area contributed by atoms with Crippen molar-refractivity contribution in [3.63, 3.8) is 0 Å². The van der Waals surface area contributed by atoms with Crippen molar-refractivity contribution in [1.29, 1.82) is 0 Å². The number of carbonyl (C=O) groups is 3. The van der Waals surface area contributed by atoms with Crippen molar-refractivity contribution in [2.75, 3.05) is 18.1 Å². The first kappa shape index (κ1) is 16.2. The van der Waals surface area contributed by atoms with E-state index in [9.17, 15) is 22.8 Å². The summed E-state index contributed by atoms with van der Waals surface area (Å²) in [6.45, 7) is 1.54. The minimum atomic E-state index is -3.17. The Bertz CT molecular complexity index is 517.